The molecule has 0 bridgehead atoms. The van der Waals surface area contributed by atoms with Crippen LogP contribution in [0.2, 0.25) is 10.0 Å². The average Bonchev–Trinajstić information content (AvgIpc) is 3.60. The Hall–Kier alpha value is -4.50. The van der Waals surface area contributed by atoms with Crippen molar-refractivity contribution in [2.24, 2.45) is 0 Å². The number of hydrogen-bond donors (Lipinski definition) is 0. The van der Waals surface area contributed by atoms with Gasteiger partial charge in [-0.05, 0) is 60.5 Å². The quantitative estimate of drug-likeness (QED) is 0.204. The lowest BCUT2D eigenvalue weighted by Crippen LogP contribution is -2.53. The van der Waals surface area contributed by atoms with Gasteiger partial charge in [0, 0.05) is 15.6 Å². The van der Waals surface area contributed by atoms with Crippen molar-refractivity contribution in [3.8, 4) is 0 Å². The van der Waals surface area contributed by atoms with Crippen molar-refractivity contribution in [3.05, 3.63) is 133 Å². The van der Waals surface area contributed by atoms with E-state index < -0.39 is 22.8 Å². The maximum Gasteiger partial charge on any atom is 0.297 e. The number of anilines is 2. The van der Waals surface area contributed by atoms with Crippen LogP contribution in [0.4, 0.5) is 10.8 Å². The second-order valence-electron chi connectivity index (χ2n) is 10.6. The zero-order chi connectivity index (χ0) is 29.6. The molecule has 1 spiro atoms. The number of fused-ring (bicyclic) bond motifs is 6. The van der Waals surface area contributed by atoms with Gasteiger partial charge in [-0.3, -0.25) is 19.3 Å². The molecule has 1 atom stereocenters. The third-order valence-corrected chi connectivity index (χ3v) is 9.68. The first-order valence-electron chi connectivity index (χ1n) is 13.4. The molecule has 0 fully saturated rings. The van der Waals surface area contributed by atoms with Gasteiger partial charge in [-0.25, -0.2) is 4.98 Å². The van der Waals surface area contributed by atoms with Gasteiger partial charge in [-0.15, -0.1) is 0 Å². The van der Waals surface area contributed by atoms with Crippen LogP contribution in [0.15, 0.2) is 94.1 Å². The van der Waals surface area contributed by atoms with Gasteiger partial charge in [0.1, 0.15) is 5.58 Å². The number of aromatic nitrogens is 1. The Balaban J connectivity index is 1.46. The molecular formula is C33H19Cl2N3O4S. The first kappa shape index (κ1) is 26.2. The molecule has 0 saturated carbocycles. The number of amides is 2. The fraction of sp³-hybridized carbons (Fsp3) is 0.0909. The molecular weight excluding hydrogens is 605 g/mol. The van der Waals surface area contributed by atoms with E-state index in [-0.39, 0.29) is 34.0 Å². The molecule has 10 heteroatoms. The lowest BCUT2D eigenvalue weighted by Gasteiger charge is -2.32. The first-order chi connectivity index (χ1) is 20.8. The molecule has 0 aliphatic carbocycles. The van der Waals surface area contributed by atoms with Gasteiger partial charge in [0.05, 0.1) is 33.4 Å². The summed E-state index contributed by atoms with van der Waals surface area (Å²) in [5, 5.41) is 1.27. The SMILES string of the molecule is Cc1ccccc1CN1C(=O)C2(c3ccccc31)c1c(oc3ccc(Cl)cc3c1=O)C(=O)N2c1nc2ccc(Cl)cc2s1. The Morgan fingerprint density at radius 1 is 0.907 bits per heavy atom. The summed E-state index contributed by atoms with van der Waals surface area (Å²) in [7, 11) is 0. The predicted octanol–water partition coefficient (Wildman–Crippen LogP) is 7.47. The van der Waals surface area contributed by atoms with Crippen molar-refractivity contribution in [2.75, 3.05) is 9.80 Å². The van der Waals surface area contributed by atoms with Crippen LogP contribution in [0.5, 0.6) is 0 Å². The zero-order valence-corrected chi connectivity index (χ0v) is 24.8. The Bertz CT molecular complexity index is 2260. The van der Waals surface area contributed by atoms with E-state index in [9.17, 15) is 9.59 Å². The van der Waals surface area contributed by atoms with Gasteiger partial charge in [0.2, 0.25) is 5.76 Å². The molecule has 8 rings (SSSR count). The van der Waals surface area contributed by atoms with Crippen LogP contribution in [0, 0.1) is 6.92 Å². The summed E-state index contributed by atoms with van der Waals surface area (Å²) < 4.78 is 6.88. The molecule has 4 heterocycles. The van der Waals surface area contributed by atoms with Crippen LogP contribution in [-0.2, 0) is 16.9 Å². The predicted molar refractivity (Wildman–Crippen MR) is 169 cm³/mol. The van der Waals surface area contributed by atoms with Crippen LogP contribution >= 0.6 is 34.5 Å². The van der Waals surface area contributed by atoms with Crippen molar-refractivity contribution in [1.29, 1.82) is 0 Å². The number of carbonyl (C=O) groups is 2. The number of halogens is 2. The third-order valence-electron chi connectivity index (χ3n) is 8.21. The Morgan fingerprint density at radius 2 is 1.65 bits per heavy atom. The number of hydrogen-bond acceptors (Lipinski definition) is 6. The van der Waals surface area contributed by atoms with Crippen molar-refractivity contribution >= 4 is 78.4 Å². The smallest absolute Gasteiger partial charge is 0.297 e. The Labute approximate surface area is 258 Å². The minimum atomic E-state index is -1.86. The van der Waals surface area contributed by atoms with Gasteiger partial charge in [-0.2, -0.15) is 0 Å². The van der Waals surface area contributed by atoms with E-state index in [2.05, 4.69) is 0 Å². The highest BCUT2D eigenvalue weighted by molar-refractivity contribution is 7.22. The number of aryl methyl sites for hydroxylation is 1. The van der Waals surface area contributed by atoms with Gasteiger partial charge in [0.25, 0.3) is 11.8 Å². The minimum absolute atomic E-state index is 0.0470. The van der Waals surface area contributed by atoms with E-state index in [1.165, 1.54) is 22.3 Å². The highest BCUT2D eigenvalue weighted by Crippen LogP contribution is 2.55. The summed E-state index contributed by atoms with van der Waals surface area (Å²) in [5.74, 6) is -1.27. The van der Waals surface area contributed by atoms with Crippen LogP contribution in [0.3, 0.4) is 0 Å². The molecule has 1 unspecified atom stereocenters. The number of thiazole rings is 1. The monoisotopic (exact) mass is 623 g/mol. The topological polar surface area (TPSA) is 83.7 Å². The minimum Gasteiger partial charge on any atom is -0.450 e. The highest BCUT2D eigenvalue weighted by atomic mass is 35.5. The average molecular weight is 625 g/mol. The number of benzene rings is 4. The summed E-state index contributed by atoms with van der Waals surface area (Å²) in [6.45, 7) is 2.22. The van der Waals surface area contributed by atoms with E-state index in [0.29, 0.717) is 26.8 Å². The Kier molecular flexibility index (Phi) is 5.62. The van der Waals surface area contributed by atoms with E-state index in [1.807, 2.05) is 43.3 Å². The summed E-state index contributed by atoms with van der Waals surface area (Å²) >= 11 is 13.8. The summed E-state index contributed by atoms with van der Waals surface area (Å²) in [5.41, 5.74) is 1.43. The molecule has 0 radical (unpaired) electrons. The molecule has 43 heavy (non-hydrogen) atoms. The van der Waals surface area contributed by atoms with E-state index >= 15 is 4.79 Å². The van der Waals surface area contributed by atoms with E-state index in [1.54, 1.807) is 47.4 Å². The van der Waals surface area contributed by atoms with Crippen molar-refractivity contribution in [3.63, 3.8) is 0 Å². The number of carbonyl (C=O) groups excluding carboxylic acids is 2. The van der Waals surface area contributed by atoms with Crippen molar-refractivity contribution in [2.45, 2.75) is 19.0 Å². The molecule has 2 aliphatic rings. The lowest BCUT2D eigenvalue weighted by atomic mass is 9.84. The van der Waals surface area contributed by atoms with Crippen molar-refractivity contribution in [1.82, 2.24) is 4.98 Å². The number of para-hydroxylation sites is 1. The standard InChI is InChI=1S/C33H19Cl2N3O4S/c1-17-6-2-3-7-18(17)16-37-24-9-5-4-8-22(24)33(31(37)41)27-28(39)21-14-19(34)11-13-25(21)42-29(27)30(40)38(33)32-36-23-12-10-20(35)15-26(23)43-32/h2-15H,16H2,1H3. The maximum atomic E-state index is 15.1. The summed E-state index contributed by atoms with van der Waals surface area (Å²) in [4.78, 5) is 51.8. The number of nitrogens with zero attached hydrogens (tertiary/aromatic N) is 3. The molecule has 2 aliphatic heterocycles. The fourth-order valence-corrected chi connectivity index (χ4v) is 7.70. The van der Waals surface area contributed by atoms with Gasteiger partial charge in [-0.1, -0.05) is 77.0 Å². The maximum absolute atomic E-state index is 15.1. The van der Waals surface area contributed by atoms with Crippen LogP contribution in [-0.4, -0.2) is 16.8 Å². The molecule has 0 saturated heterocycles. The first-order valence-corrected chi connectivity index (χ1v) is 15.0. The molecule has 210 valence electrons. The van der Waals surface area contributed by atoms with E-state index in [4.69, 9.17) is 32.6 Å². The second kappa shape index (κ2) is 9.25. The van der Waals surface area contributed by atoms with Crippen LogP contribution in [0.1, 0.15) is 32.8 Å². The molecule has 2 aromatic heterocycles. The second-order valence-corrected chi connectivity index (χ2v) is 12.5. The summed E-state index contributed by atoms with van der Waals surface area (Å²) in [6.07, 6.45) is 0. The zero-order valence-electron chi connectivity index (χ0n) is 22.4. The Morgan fingerprint density at radius 3 is 2.49 bits per heavy atom. The molecule has 4 aromatic carbocycles. The molecule has 0 N–H and O–H groups in total. The normalized spacial score (nSPS) is 17.5. The molecule has 6 aromatic rings. The molecule has 7 nitrogen and oxygen atoms in total. The summed E-state index contributed by atoms with van der Waals surface area (Å²) in [6, 6.07) is 24.9. The largest absolute Gasteiger partial charge is 0.450 e. The van der Waals surface area contributed by atoms with E-state index in [0.717, 1.165) is 15.8 Å². The molecule has 2 amide bonds. The van der Waals surface area contributed by atoms with Crippen LogP contribution < -0.4 is 15.2 Å². The highest BCUT2D eigenvalue weighted by Gasteiger charge is 2.66. The van der Waals surface area contributed by atoms with Crippen LogP contribution in [0.25, 0.3) is 21.2 Å². The fourth-order valence-electron chi connectivity index (χ4n) is 6.23. The number of rotatable bonds is 3. The third kappa shape index (κ3) is 3.54. The van der Waals surface area contributed by atoms with Gasteiger partial charge >= 0.3 is 0 Å². The van der Waals surface area contributed by atoms with Crippen molar-refractivity contribution < 1.29 is 14.0 Å². The van der Waals surface area contributed by atoms with Gasteiger partial charge in [0.15, 0.2) is 16.1 Å². The van der Waals surface area contributed by atoms with Gasteiger partial charge < -0.3 is 9.32 Å². The lowest BCUT2D eigenvalue weighted by molar-refractivity contribution is -0.121.